The Labute approximate surface area is 139 Å². The molecule has 3 heteroatoms. The van der Waals surface area contributed by atoms with E-state index in [1.807, 2.05) is 0 Å². The fraction of sp³-hybridized carbons (Fsp3) is 0.800. The molecule has 0 unspecified atom stereocenters. The minimum atomic E-state index is -0.691. The zero-order valence-electron chi connectivity index (χ0n) is 15.5. The van der Waals surface area contributed by atoms with Gasteiger partial charge in [0.1, 0.15) is 5.60 Å². The molecule has 0 saturated heterocycles. The van der Waals surface area contributed by atoms with Gasteiger partial charge in [-0.2, -0.15) is 0 Å². The van der Waals surface area contributed by atoms with Crippen LogP contribution in [-0.2, 0) is 14.3 Å². The molecule has 1 saturated carbocycles. The molecule has 0 aliphatic heterocycles. The van der Waals surface area contributed by atoms with Crippen molar-refractivity contribution in [1.29, 1.82) is 0 Å². The smallest absolute Gasteiger partial charge is 0.303 e. The van der Waals surface area contributed by atoms with Crippen LogP contribution >= 0.6 is 0 Å². The second kappa shape index (κ2) is 4.70. The normalized spacial score (nSPS) is 38.1. The summed E-state index contributed by atoms with van der Waals surface area (Å²) in [6, 6.07) is 0. The van der Waals surface area contributed by atoms with Gasteiger partial charge in [0.2, 0.25) is 0 Å². The molecule has 0 amide bonds. The fourth-order valence-electron chi connectivity index (χ4n) is 6.20. The standard InChI is InChI=1S/C20H30O3/c1-13(21)23-20-11-18(4,5)10-19(6,12-20)8-14-7-17(2,3)9-15(22)16(14)20/h7-12H2,1-6H3/t19-,20+/m0/s1. The predicted octanol–water partition coefficient (Wildman–Crippen LogP) is 4.59. The van der Waals surface area contributed by atoms with Crippen LogP contribution in [-0.4, -0.2) is 17.4 Å². The SMILES string of the molecule is CC(=O)O[C@@]12CC(C)(C)C[C@](C)(CC3=C1C(=O)CC(C)(C)C3)C2. The van der Waals surface area contributed by atoms with Crippen LogP contribution in [0.4, 0.5) is 0 Å². The first-order chi connectivity index (χ1) is 10.4. The molecule has 0 aromatic carbocycles. The Morgan fingerprint density at radius 2 is 1.57 bits per heavy atom. The average Bonchev–Trinajstić information content (AvgIpc) is 2.18. The van der Waals surface area contributed by atoms with Gasteiger partial charge in [-0.15, -0.1) is 0 Å². The minimum Gasteiger partial charge on any atom is -0.454 e. The maximum atomic E-state index is 13.0. The Morgan fingerprint density at radius 1 is 0.913 bits per heavy atom. The average molecular weight is 318 g/mol. The van der Waals surface area contributed by atoms with E-state index >= 15 is 0 Å². The van der Waals surface area contributed by atoms with Crippen LogP contribution in [0, 0.1) is 16.2 Å². The van der Waals surface area contributed by atoms with Crippen LogP contribution in [0.15, 0.2) is 11.1 Å². The van der Waals surface area contributed by atoms with E-state index in [1.165, 1.54) is 12.5 Å². The first-order valence-electron chi connectivity index (χ1n) is 8.81. The van der Waals surface area contributed by atoms with E-state index in [9.17, 15) is 9.59 Å². The van der Waals surface area contributed by atoms with E-state index in [4.69, 9.17) is 4.74 Å². The molecule has 0 aromatic rings. The molecular formula is C20H30O3. The number of allylic oxidation sites excluding steroid dienone is 1. The zero-order chi connectivity index (χ0) is 17.3. The van der Waals surface area contributed by atoms with Gasteiger partial charge in [-0.05, 0) is 48.3 Å². The number of carbonyl (C=O) groups is 2. The summed E-state index contributed by atoms with van der Waals surface area (Å²) in [5.74, 6) is -0.0614. The number of carbonyl (C=O) groups excluding carboxylic acids is 2. The number of Topliss-reactive ketones (excluding diaryl/α,β-unsaturated/α-hetero) is 1. The van der Waals surface area contributed by atoms with Gasteiger partial charge >= 0.3 is 5.97 Å². The molecule has 2 bridgehead atoms. The third-order valence-corrected chi connectivity index (χ3v) is 5.78. The van der Waals surface area contributed by atoms with Crippen molar-refractivity contribution in [3.05, 3.63) is 11.1 Å². The van der Waals surface area contributed by atoms with Gasteiger partial charge in [-0.25, -0.2) is 0 Å². The highest BCUT2D eigenvalue weighted by atomic mass is 16.6. The van der Waals surface area contributed by atoms with Crippen molar-refractivity contribution in [3.63, 3.8) is 0 Å². The van der Waals surface area contributed by atoms with E-state index in [-0.39, 0.29) is 28.0 Å². The number of rotatable bonds is 1. The molecule has 3 nitrogen and oxygen atoms in total. The summed E-state index contributed by atoms with van der Waals surface area (Å²) in [4.78, 5) is 24.9. The summed E-state index contributed by atoms with van der Waals surface area (Å²) in [7, 11) is 0. The lowest BCUT2D eigenvalue weighted by molar-refractivity contribution is -0.170. The van der Waals surface area contributed by atoms with Crippen LogP contribution in [0.25, 0.3) is 0 Å². The molecule has 0 spiro atoms. The van der Waals surface area contributed by atoms with Crippen molar-refractivity contribution in [2.75, 3.05) is 0 Å². The molecule has 23 heavy (non-hydrogen) atoms. The third kappa shape index (κ3) is 2.88. The molecule has 2 atom stereocenters. The first-order valence-corrected chi connectivity index (χ1v) is 8.81. The van der Waals surface area contributed by atoms with Gasteiger partial charge in [-0.1, -0.05) is 40.2 Å². The Balaban J connectivity index is 2.17. The highest BCUT2D eigenvalue weighted by molar-refractivity contribution is 6.00. The van der Waals surface area contributed by atoms with Gasteiger partial charge in [0, 0.05) is 18.9 Å². The van der Waals surface area contributed by atoms with Gasteiger partial charge < -0.3 is 4.74 Å². The second-order valence-corrected chi connectivity index (χ2v) is 10.2. The lowest BCUT2D eigenvalue weighted by Crippen LogP contribution is -2.56. The van der Waals surface area contributed by atoms with Crippen molar-refractivity contribution in [1.82, 2.24) is 0 Å². The van der Waals surface area contributed by atoms with Gasteiger partial charge in [0.25, 0.3) is 0 Å². The second-order valence-electron chi connectivity index (χ2n) is 10.2. The topological polar surface area (TPSA) is 43.4 Å². The Bertz CT molecular complexity index is 610. The van der Waals surface area contributed by atoms with Crippen LogP contribution in [0.5, 0.6) is 0 Å². The summed E-state index contributed by atoms with van der Waals surface area (Å²) >= 11 is 0. The largest absolute Gasteiger partial charge is 0.454 e. The lowest BCUT2D eigenvalue weighted by Gasteiger charge is -2.58. The number of ketones is 1. The van der Waals surface area contributed by atoms with Gasteiger partial charge in [-0.3, -0.25) is 9.59 Å². The minimum absolute atomic E-state index is 0.0187. The van der Waals surface area contributed by atoms with Crippen molar-refractivity contribution in [2.45, 2.75) is 85.7 Å². The lowest BCUT2D eigenvalue weighted by atomic mass is 9.49. The molecule has 1 fully saturated rings. The summed E-state index contributed by atoms with van der Waals surface area (Å²) in [6.07, 6.45) is 5.17. The maximum absolute atomic E-state index is 13.0. The van der Waals surface area contributed by atoms with Crippen molar-refractivity contribution in [2.24, 2.45) is 16.2 Å². The van der Waals surface area contributed by atoms with Crippen LogP contribution in [0.2, 0.25) is 0 Å². The van der Waals surface area contributed by atoms with Crippen LogP contribution in [0.1, 0.15) is 80.1 Å². The number of hydrogen-bond acceptors (Lipinski definition) is 3. The molecular weight excluding hydrogens is 288 g/mol. The third-order valence-electron chi connectivity index (χ3n) is 5.78. The van der Waals surface area contributed by atoms with Crippen LogP contribution in [0.3, 0.4) is 0 Å². The fourth-order valence-corrected chi connectivity index (χ4v) is 6.20. The molecule has 0 heterocycles. The highest BCUT2D eigenvalue weighted by Gasteiger charge is 2.59. The number of esters is 1. The summed E-state index contributed by atoms with van der Waals surface area (Å²) in [6.45, 7) is 12.6. The van der Waals surface area contributed by atoms with E-state index in [0.29, 0.717) is 6.42 Å². The van der Waals surface area contributed by atoms with Crippen molar-refractivity contribution < 1.29 is 14.3 Å². The van der Waals surface area contributed by atoms with E-state index in [2.05, 4.69) is 34.6 Å². The Hall–Kier alpha value is -1.12. The van der Waals surface area contributed by atoms with Gasteiger partial charge in [0.05, 0.1) is 0 Å². The quantitative estimate of drug-likeness (QED) is 0.664. The zero-order valence-corrected chi connectivity index (χ0v) is 15.5. The van der Waals surface area contributed by atoms with E-state index in [0.717, 1.165) is 37.7 Å². The highest BCUT2D eigenvalue weighted by Crippen LogP contribution is 2.62. The molecule has 0 N–H and O–H groups in total. The van der Waals surface area contributed by atoms with Crippen molar-refractivity contribution >= 4 is 11.8 Å². The number of ether oxygens (including phenoxy) is 1. The molecule has 128 valence electrons. The molecule has 0 radical (unpaired) electrons. The molecule has 3 rings (SSSR count). The number of hydrogen-bond donors (Lipinski definition) is 0. The summed E-state index contributed by atoms with van der Waals surface area (Å²) < 4.78 is 5.94. The molecule has 3 aliphatic rings. The number of fused-ring (bicyclic) bond motifs is 3. The first kappa shape index (κ1) is 16.7. The summed E-state index contributed by atoms with van der Waals surface area (Å²) in [5.41, 5.74) is 1.64. The molecule has 3 aliphatic carbocycles. The molecule has 0 aromatic heterocycles. The predicted molar refractivity (Wildman–Crippen MR) is 89.9 cm³/mol. The monoisotopic (exact) mass is 318 g/mol. The van der Waals surface area contributed by atoms with Crippen LogP contribution < -0.4 is 0 Å². The van der Waals surface area contributed by atoms with Crippen molar-refractivity contribution in [3.8, 4) is 0 Å². The Morgan fingerprint density at radius 3 is 2.17 bits per heavy atom. The van der Waals surface area contributed by atoms with E-state index < -0.39 is 5.60 Å². The van der Waals surface area contributed by atoms with E-state index in [1.54, 1.807) is 0 Å². The summed E-state index contributed by atoms with van der Waals surface area (Å²) in [5, 5.41) is 0. The van der Waals surface area contributed by atoms with Gasteiger partial charge in [0.15, 0.2) is 5.78 Å². The maximum Gasteiger partial charge on any atom is 0.303 e. The Kier molecular flexibility index (Phi) is 3.42.